The summed E-state index contributed by atoms with van der Waals surface area (Å²) in [4.78, 5) is 36.4. The van der Waals surface area contributed by atoms with Gasteiger partial charge in [0.1, 0.15) is 17.7 Å². The van der Waals surface area contributed by atoms with Gasteiger partial charge < -0.3 is 5.32 Å². The Morgan fingerprint density at radius 3 is 2.77 bits per heavy atom. The Bertz CT molecular complexity index is 1340. The summed E-state index contributed by atoms with van der Waals surface area (Å²) in [7, 11) is 0. The normalized spacial score (nSPS) is 16.5. The third kappa shape index (κ3) is 3.54. The number of carbonyl (C=O) groups is 1. The Morgan fingerprint density at radius 1 is 1.26 bits per heavy atom. The molecule has 1 aromatic carbocycles. The van der Waals surface area contributed by atoms with Crippen LogP contribution in [0.5, 0.6) is 0 Å². The standard InChI is InChI=1S/C23H25N5O2S/c1-23(2,3)14-9-10-16-17(11-14)31-21-19(16)20-26-22(30)27(28(20)13-24-21)12-18(29)25-15-7-5-4-6-8-15/h4-8,13-14H,9-12H2,1-3H3,(H,25,29)/t14-/m0/s1. The first-order valence-corrected chi connectivity index (χ1v) is 11.4. The van der Waals surface area contributed by atoms with Crippen molar-refractivity contribution in [1.29, 1.82) is 0 Å². The average Bonchev–Trinajstić information content (AvgIpc) is 3.25. The van der Waals surface area contributed by atoms with Crippen molar-refractivity contribution >= 4 is 38.8 Å². The SMILES string of the molecule is CC(C)(C)[C@H]1CCc2c(sc3ncn4c(nc(=O)n4CC(=O)Nc4ccccc4)c23)C1. The highest BCUT2D eigenvalue weighted by Crippen LogP contribution is 2.43. The molecule has 1 N–H and O–H groups in total. The van der Waals surface area contributed by atoms with Gasteiger partial charge in [-0.2, -0.15) is 4.98 Å². The van der Waals surface area contributed by atoms with Gasteiger partial charge >= 0.3 is 5.69 Å². The zero-order valence-electron chi connectivity index (χ0n) is 17.9. The fourth-order valence-electron chi connectivity index (χ4n) is 4.43. The number of rotatable bonds is 3. The second kappa shape index (κ2) is 7.30. The minimum atomic E-state index is -0.444. The third-order valence-corrected chi connectivity index (χ3v) is 7.39. The van der Waals surface area contributed by atoms with E-state index < -0.39 is 5.69 Å². The fraction of sp³-hybridized carbons (Fsp3) is 0.391. The van der Waals surface area contributed by atoms with Crippen LogP contribution in [0.15, 0.2) is 41.5 Å². The predicted octanol–water partition coefficient (Wildman–Crippen LogP) is 3.90. The molecule has 1 aliphatic rings. The smallest absolute Gasteiger partial charge is 0.324 e. The van der Waals surface area contributed by atoms with Crippen LogP contribution in [0.25, 0.3) is 15.9 Å². The minimum absolute atomic E-state index is 0.124. The lowest BCUT2D eigenvalue weighted by molar-refractivity contribution is -0.117. The van der Waals surface area contributed by atoms with E-state index in [1.54, 1.807) is 22.2 Å². The molecule has 0 saturated carbocycles. The van der Waals surface area contributed by atoms with Crippen molar-refractivity contribution in [3.05, 3.63) is 57.6 Å². The molecule has 7 nitrogen and oxygen atoms in total. The molecule has 4 aromatic rings. The maximum absolute atomic E-state index is 12.7. The second-order valence-electron chi connectivity index (χ2n) is 9.27. The van der Waals surface area contributed by atoms with E-state index in [0.29, 0.717) is 17.3 Å². The van der Waals surface area contributed by atoms with Gasteiger partial charge in [0, 0.05) is 10.6 Å². The molecule has 8 heteroatoms. The Kier molecular flexibility index (Phi) is 4.69. The molecular formula is C23H25N5O2S. The zero-order valence-corrected chi connectivity index (χ0v) is 18.7. The number of anilines is 1. The Balaban J connectivity index is 1.52. The molecule has 0 fully saturated rings. The van der Waals surface area contributed by atoms with Crippen LogP contribution in [-0.2, 0) is 24.2 Å². The number of hydrogen-bond acceptors (Lipinski definition) is 5. The van der Waals surface area contributed by atoms with Gasteiger partial charge in [-0.1, -0.05) is 39.0 Å². The highest BCUT2D eigenvalue weighted by Gasteiger charge is 2.32. The summed E-state index contributed by atoms with van der Waals surface area (Å²) in [6.45, 7) is 6.77. The lowest BCUT2D eigenvalue weighted by atomic mass is 9.72. The molecule has 0 bridgehead atoms. The highest BCUT2D eigenvalue weighted by atomic mass is 32.1. The van der Waals surface area contributed by atoms with E-state index in [1.807, 2.05) is 30.3 Å². The van der Waals surface area contributed by atoms with Crippen molar-refractivity contribution in [3.8, 4) is 0 Å². The number of aromatic nitrogens is 4. The number of hydrogen-bond donors (Lipinski definition) is 1. The van der Waals surface area contributed by atoms with Crippen LogP contribution in [-0.4, -0.2) is 25.1 Å². The van der Waals surface area contributed by atoms with E-state index in [1.165, 1.54) is 15.1 Å². The van der Waals surface area contributed by atoms with Crippen LogP contribution >= 0.6 is 11.3 Å². The number of carbonyl (C=O) groups excluding carboxylic acids is 1. The molecule has 1 atom stereocenters. The van der Waals surface area contributed by atoms with E-state index in [-0.39, 0.29) is 17.9 Å². The van der Waals surface area contributed by atoms with Gasteiger partial charge in [0.2, 0.25) is 5.91 Å². The maximum atomic E-state index is 12.7. The van der Waals surface area contributed by atoms with Crippen LogP contribution in [0.4, 0.5) is 5.69 Å². The number of fused-ring (bicyclic) bond motifs is 5. The number of para-hydroxylation sites is 1. The third-order valence-electron chi connectivity index (χ3n) is 6.23. The van der Waals surface area contributed by atoms with Gasteiger partial charge in [-0.3, -0.25) is 4.79 Å². The molecule has 3 aromatic heterocycles. The molecule has 0 unspecified atom stereocenters. The van der Waals surface area contributed by atoms with E-state index in [2.05, 4.69) is 36.1 Å². The first-order chi connectivity index (χ1) is 14.8. The molecule has 1 aliphatic carbocycles. The topological polar surface area (TPSA) is 81.3 Å². The molecule has 5 rings (SSSR count). The molecule has 160 valence electrons. The zero-order chi connectivity index (χ0) is 21.8. The van der Waals surface area contributed by atoms with Crippen LogP contribution < -0.4 is 11.0 Å². The van der Waals surface area contributed by atoms with Gasteiger partial charge in [0.05, 0.1) is 5.39 Å². The summed E-state index contributed by atoms with van der Waals surface area (Å²) in [6, 6.07) is 9.19. The predicted molar refractivity (Wildman–Crippen MR) is 123 cm³/mol. The molecular weight excluding hydrogens is 410 g/mol. The van der Waals surface area contributed by atoms with Crippen molar-refractivity contribution in [1.82, 2.24) is 19.2 Å². The molecule has 31 heavy (non-hydrogen) atoms. The quantitative estimate of drug-likeness (QED) is 0.529. The number of nitrogens with zero attached hydrogens (tertiary/aromatic N) is 4. The summed E-state index contributed by atoms with van der Waals surface area (Å²) < 4.78 is 2.96. The van der Waals surface area contributed by atoms with E-state index >= 15 is 0 Å². The van der Waals surface area contributed by atoms with Crippen molar-refractivity contribution in [2.45, 2.75) is 46.6 Å². The number of aryl methyl sites for hydroxylation is 1. The molecule has 0 radical (unpaired) electrons. The first-order valence-electron chi connectivity index (χ1n) is 10.5. The summed E-state index contributed by atoms with van der Waals surface area (Å²) >= 11 is 1.71. The fourth-order valence-corrected chi connectivity index (χ4v) is 5.70. The van der Waals surface area contributed by atoms with Gasteiger partial charge in [-0.05, 0) is 48.3 Å². The monoisotopic (exact) mass is 435 g/mol. The first kappa shape index (κ1) is 19.9. The van der Waals surface area contributed by atoms with E-state index in [4.69, 9.17) is 0 Å². The molecule has 0 aliphatic heterocycles. The summed E-state index contributed by atoms with van der Waals surface area (Å²) in [6.07, 6.45) is 4.73. The van der Waals surface area contributed by atoms with Crippen LogP contribution in [0.2, 0.25) is 0 Å². The largest absolute Gasteiger partial charge is 0.365 e. The van der Waals surface area contributed by atoms with Gasteiger partial charge in [0.25, 0.3) is 0 Å². The number of benzene rings is 1. The lowest BCUT2D eigenvalue weighted by Crippen LogP contribution is -2.28. The summed E-state index contributed by atoms with van der Waals surface area (Å²) in [5.74, 6) is 0.348. The van der Waals surface area contributed by atoms with Gasteiger partial charge in [0.15, 0.2) is 5.65 Å². The van der Waals surface area contributed by atoms with Crippen molar-refractivity contribution < 1.29 is 4.79 Å². The van der Waals surface area contributed by atoms with Crippen molar-refractivity contribution in [3.63, 3.8) is 0 Å². The lowest BCUT2D eigenvalue weighted by Gasteiger charge is -2.33. The van der Waals surface area contributed by atoms with Gasteiger partial charge in [-0.15, -0.1) is 11.3 Å². The van der Waals surface area contributed by atoms with Crippen LogP contribution in [0.1, 0.15) is 37.6 Å². The molecule has 0 saturated heterocycles. The summed E-state index contributed by atoms with van der Waals surface area (Å²) in [5.41, 5.74) is 2.37. The maximum Gasteiger partial charge on any atom is 0.365 e. The molecule has 1 amide bonds. The highest BCUT2D eigenvalue weighted by molar-refractivity contribution is 7.19. The number of thiophene rings is 1. The Morgan fingerprint density at radius 2 is 2.03 bits per heavy atom. The van der Waals surface area contributed by atoms with Crippen molar-refractivity contribution in [2.75, 3.05) is 5.32 Å². The van der Waals surface area contributed by atoms with Crippen molar-refractivity contribution in [2.24, 2.45) is 11.3 Å². The Hall–Kier alpha value is -3.00. The molecule has 0 spiro atoms. The summed E-state index contributed by atoms with van der Waals surface area (Å²) in [5, 5.41) is 3.78. The average molecular weight is 436 g/mol. The van der Waals surface area contributed by atoms with Gasteiger partial charge in [-0.25, -0.2) is 19.0 Å². The van der Waals surface area contributed by atoms with Crippen LogP contribution in [0, 0.1) is 11.3 Å². The van der Waals surface area contributed by atoms with Crippen LogP contribution in [0.3, 0.4) is 0 Å². The van der Waals surface area contributed by atoms with E-state index in [0.717, 1.165) is 29.5 Å². The minimum Gasteiger partial charge on any atom is -0.324 e. The Labute approximate surface area is 183 Å². The second-order valence-corrected chi connectivity index (χ2v) is 10.4. The molecule has 3 heterocycles. The van der Waals surface area contributed by atoms with E-state index in [9.17, 15) is 9.59 Å². The number of nitrogens with one attached hydrogen (secondary N) is 1. The number of amides is 1.